The molecule has 2 aromatic carbocycles. The van der Waals surface area contributed by atoms with Crippen LogP contribution in [0.4, 0.5) is 24.5 Å². The minimum absolute atomic E-state index is 0.00238. The first-order chi connectivity index (χ1) is 17.1. The Kier molecular flexibility index (Phi) is 7.49. The van der Waals surface area contributed by atoms with Crippen LogP contribution < -0.4 is 10.6 Å². The van der Waals surface area contributed by atoms with Crippen molar-refractivity contribution >= 4 is 45.8 Å². The van der Waals surface area contributed by atoms with Gasteiger partial charge in [0.25, 0.3) is 5.91 Å². The van der Waals surface area contributed by atoms with E-state index in [9.17, 15) is 22.8 Å². The molecule has 4 rings (SSSR count). The van der Waals surface area contributed by atoms with Gasteiger partial charge in [0.2, 0.25) is 11.8 Å². The van der Waals surface area contributed by atoms with Crippen LogP contribution in [0.15, 0.2) is 34.7 Å². The fraction of sp³-hybridized carbons (Fsp3) is 0.304. The lowest BCUT2D eigenvalue weighted by molar-refractivity contribution is -0.172. The van der Waals surface area contributed by atoms with Gasteiger partial charge in [-0.1, -0.05) is 0 Å². The Morgan fingerprint density at radius 1 is 1.17 bits per heavy atom. The van der Waals surface area contributed by atoms with Gasteiger partial charge in [0.1, 0.15) is 5.82 Å². The fourth-order valence-electron chi connectivity index (χ4n) is 3.86. The van der Waals surface area contributed by atoms with Crippen LogP contribution >= 0.6 is 22.6 Å². The highest BCUT2D eigenvalue weighted by Gasteiger charge is 2.48. The molecule has 1 aromatic heterocycles. The third-order valence-electron chi connectivity index (χ3n) is 5.41. The molecule has 1 fully saturated rings. The van der Waals surface area contributed by atoms with Crippen LogP contribution in [-0.4, -0.2) is 52.2 Å². The van der Waals surface area contributed by atoms with E-state index in [0.717, 1.165) is 12.1 Å². The van der Waals surface area contributed by atoms with E-state index in [4.69, 9.17) is 9.15 Å². The molecular weight excluding hydrogens is 594 g/mol. The number of ether oxygens (including phenoxy) is 1. The Labute approximate surface area is 217 Å². The molecule has 0 unspecified atom stereocenters. The molecule has 0 aliphatic carbocycles. The topological polar surface area (TPSA) is 110 Å². The number of nitrogens with zero attached hydrogens (tertiary/aromatic N) is 3. The number of anilines is 2. The number of aryl methyl sites for hydroxylation is 1. The summed E-state index contributed by atoms with van der Waals surface area (Å²) in [7, 11) is 0. The number of carbonyl (C=O) groups excluding carboxylic acids is 2. The van der Waals surface area contributed by atoms with Gasteiger partial charge >= 0.3 is 5.97 Å². The van der Waals surface area contributed by atoms with Crippen LogP contribution in [0.2, 0.25) is 0 Å². The number of esters is 1. The lowest BCUT2D eigenvalue weighted by atomic mass is 9.92. The standard InChI is InChI=1S/C23H21F3IN5O4/c1-12-30-31-19(35-12)8-28-9-23(36-13(2)33)10-32(11-23)22(34)15-4-5-16(24)20(26)21(15)29-18-6-3-14(27)7-17(18)25/h3-7,28-29H,8-11H2,1-2H3. The van der Waals surface area contributed by atoms with Gasteiger partial charge in [-0.05, 0) is 52.9 Å². The number of rotatable bonds is 8. The molecule has 1 aliphatic rings. The van der Waals surface area contributed by atoms with Gasteiger partial charge in [0.05, 0.1) is 36.6 Å². The van der Waals surface area contributed by atoms with Crippen molar-refractivity contribution in [2.24, 2.45) is 0 Å². The number of hydrogen-bond acceptors (Lipinski definition) is 8. The number of nitrogens with one attached hydrogen (secondary N) is 2. The molecule has 9 nitrogen and oxygen atoms in total. The smallest absolute Gasteiger partial charge is 0.303 e. The molecule has 0 saturated carbocycles. The van der Waals surface area contributed by atoms with Crippen LogP contribution in [0.1, 0.15) is 29.1 Å². The number of carbonyl (C=O) groups is 2. The average Bonchev–Trinajstić information content (AvgIpc) is 3.20. The zero-order valence-electron chi connectivity index (χ0n) is 19.2. The Bertz CT molecular complexity index is 1310. The largest absolute Gasteiger partial charge is 0.454 e. The number of amides is 1. The SMILES string of the molecule is CC(=O)OC1(CNCc2nnc(C)o2)CN(C(=O)c2ccc(F)c(F)c2Nc2ccc(I)cc2F)C1. The van der Waals surface area contributed by atoms with E-state index in [1.165, 1.54) is 24.0 Å². The van der Waals surface area contributed by atoms with E-state index in [1.54, 1.807) is 13.0 Å². The summed E-state index contributed by atoms with van der Waals surface area (Å²) < 4.78 is 54.5. The lowest BCUT2D eigenvalue weighted by Crippen LogP contribution is -2.68. The Morgan fingerprint density at radius 2 is 1.92 bits per heavy atom. The predicted octanol–water partition coefficient (Wildman–Crippen LogP) is 3.69. The van der Waals surface area contributed by atoms with Crippen molar-refractivity contribution in [3.05, 3.63) is 68.7 Å². The first kappa shape index (κ1) is 25.9. The van der Waals surface area contributed by atoms with Crippen molar-refractivity contribution in [2.45, 2.75) is 26.0 Å². The molecule has 0 radical (unpaired) electrons. The van der Waals surface area contributed by atoms with Gasteiger partial charge in [-0.15, -0.1) is 10.2 Å². The maximum absolute atomic E-state index is 14.7. The number of aromatic nitrogens is 2. The van der Waals surface area contributed by atoms with Gasteiger partial charge in [0.15, 0.2) is 17.2 Å². The Hall–Kier alpha value is -3.20. The second-order valence-electron chi connectivity index (χ2n) is 8.29. The molecular formula is C23H21F3IN5O4. The molecule has 36 heavy (non-hydrogen) atoms. The predicted molar refractivity (Wildman–Crippen MR) is 130 cm³/mol. The van der Waals surface area contributed by atoms with Gasteiger partial charge in [-0.2, -0.15) is 0 Å². The van der Waals surface area contributed by atoms with Crippen molar-refractivity contribution in [2.75, 3.05) is 25.0 Å². The third kappa shape index (κ3) is 5.61. The summed E-state index contributed by atoms with van der Waals surface area (Å²) in [6.45, 7) is 3.29. The van der Waals surface area contributed by atoms with Crippen molar-refractivity contribution in [3.63, 3.8) is 0 Å². The first-order valence-corrected chi connectivity index (χ1v) is 11.8. The highest BCUT2D eigenvalue weighted by Crippen LogP contribution is 2.33. The molecule has 0 bridgehead atoms. The zero-order valence-corrected chi connectivity index (χ0v) is 21.4. The Balaban J connectivity index is 1.50. The quantitative estimate of drug-likeness (QED) is 0.292. The minimum Gasteiger partial charge on any atom is -0.454 e. The molecule has 2 heterocycles. The van der Waals surface area contributed by atoms with Crippen molar-refractivity contribution in [1.82, 2.24) is 20.4 Å². The normalized spacial score (nSPS) is 14.3. The summed E-state index contributed by atoms with van der Waals surface area (Å²) >= 11 is 1.91. The van der Waals surface area contributed by atoms with Crippen LogP contribution in [0.25, 0.3) is 0 Å². The van der Waals surface area contributed by atoms with E-state index in [-0.39, 0.29) is 37.4 Å². The second kappa shape index (κ2) is 10.4. The maximum atomic E-state index is 14.7. The molecule has 1 amide bonds. The summed E-state index contributed by atoms with van der Waals surface area (Å²) in [6.07, 6.45) is 0. The van der Waals surface area contributed by atoms with E-state index >= 15 is 0 Å². The van der Waals surface area contributed by atoms with Gasteiger partial charge in [-0.25, -0.2) is 13.2 Å². The van der Waals surface area contributed by atoms with Crippen LogP contribution in [-0.2, 0) is 16.1 Å². The van der Waals surface area contributed by atoms with E-state index in [1.807, 2.05) is 22.6 Å². The summed E-state index contributed by atoms with van der Waals surface area (Å²) in [4.78, 5) is 26.2. The summed E-state index contributed by atoms with van der Waals surface area (Å²) in [5.41, 5.74) is -1.84. The first-order valence-electron chi connectivity index (χ1n) is 10.8. The molecule has 13 heteroatoms. The molecule has 1 saturated heterocycles. The van der Waals surface area contributed by atoms with Crippen LogP contribution in [0, 0.1) is 27.9 Å². The van der Waals surface area contributed by atoms with E-state index in [0.29, 0.717) is 15.4 Å². The summed E-state index contributed by atoms with van der Waals surface area (Å²) in [6, 6.07) is 6.10. The van der Waals surface area contributed by atoms with E-state index < -0.39 is 40.6 Å². The van der Waals surface area contributed by atoms with Gasteiger partial charge in [-0.3, -0.25) is 9.59 Å². The number of hydrogen-bond donors (Lipinski definition) is 2. The summed E-state index contributed by atoms with van der Waals surface area (Å²) in [5, 5.41) is 13.2. The molecule has 0 spiro atoms. The molecule has 1 aliphatic heterocycles. The number of benzene rings is 2. The average molecular weight is 615 g/mol. The number of likely N-dealkylation sites (tertiary alicyclic amines) is 1. The highest BCUT2D eigenvalue weighted by atomic mass is 127. The fourth-order valence-corrected chi connectivity index (χ4v) is 4.32. The molecule has 3 aromatic rings. The van der Waals surface area contributed by atoms with Crippen molar-refractivity contribution in [1.29, 1.82) is 0 Å². The molecule has 190 valence electrons. The number of halogens is 4. The van der Waals surface area contributed by atoms with Gasteiger partial charge < -0.3 is 24.7 Å². The lowest BCUT2D eigenvalue weighted by Gasteiger charge is -2.49. The molecule has 2 N–H and O–H groups in total. The van der Waals surface area contributed by atoms with Crippen molar-refractivity contribution < 1.29 is 31.9 Å². The van der Waals surface area contributed by atoms with Crippen molar-refractivity contribution in [3.8, 4) is 0 Å². The molecule has 0 atom stereocenters. The van der Waals surface area contributed by atoms with Crippen LogP contribution in [0.3, 0.4) is 0 Å². The summed E-state index contributed by atoms with van der Waals surface area (Å²) in [5.74, 6) is -3.63. The monoisotopic (exact) mass is 615 g/mol. The maximum Gasteiger partial charge on any atom is 0.303 e. The minimum atomic E-state index is -1.32. The van der Waals surface area contributed by atoms with Gasteiger partial charge in [0, 0.05) is 24.0 Å². The zero-order chi connectivity index (χ0) is 26.0. The second-order valence-corrected chi connectivity index (χ2v) is 9.53. The third-order valence-corrected chi connectivity index (χ3v) is 6.08. The highest BCUT2D eigenvalue weighted by molar-refractivity contribution is 14.1. The van der Waals surface area contributed by atoms with Crippen LogP contribution in [0.5, 0.6) is 0 Å². The Morgan fingerprint density at radius 3 is 2.56 bits per heavy atom. The van der Waals surface area contributed by atoms with E-state index in [2.05, 4.69) is 20.8 Å².